The number of hydrogen-bond donors (Lipinski definition) is 1. The van der Waals surface area contributed by atoms with E-state index in [4.69, 9.17) is 14.3 Å². The second-order valence-corrected chi connectivity index (χ2v) is 7.63. The summed E-state index contributed by atoms with van der Waals surface area (Å²) in [5.41, 5.74) is 0.855. The number of fused-ring (bicyclic) bond motifs is 1. The predicted molar refractivity (Wildman–Crippen MR) is 101 cm³/mol. The first-order chi connectivity index (χ1) is 12.7. The van der Waals surface area contributed by atoms with Crippen LogP contribution in [0.5, 0.6) is 5.75 Å². The van der Waals surface area contributed by atoms with Crippen LogP contribution in [0.2, 0.25) is 0 Å². The third-order valence-electron chi connectivity index (χ3n) is 4.80. The molecule has 1 saturated heterocycles. The van der Waals surface area contributed by atoms with Gasteiger partial charge in [0.05, 0.1) is 6.61 Å². The van der Waals surface area contributed by atoms with Crippen molar-refractivity contribution in [3.63, 3.8) is 0 Å². The van der Waals surface area contributed by atoms with Gasteiger partial charge in [-0.05, 0) is 43.0 Å². The fourth-order valence-corrected chi connectivity index (χ4v) is 4.44. The number of carbonyl (C=O) groups is 1. The molecular weight excluding hydrogens is 352 g/mol. The summed E-state index contributed by atoms with van der Waals surface area (Å²) in [5, 5.41) is 12.2. The number of thioether (sulfide) groups is 1. The number of benzene rings is 1. The van der Waals surface area contributed by atoms with Gasteiger partial charge in [0, 0.05) is 24.7 Å². The van der Waals surface area contributed by atoms with E-state index in [9.17, 15) is 4.79 Å². The highest BCUT2D eigenvalue weighted by Crippen LogP contribution is 2.32. The molecule has 138 valence electrons. The predicted octanol–water partition coefficient (Wildman–Crippen LogP) is 2.56. The molecule has 0 saturated carbocycles. The molecule has 2 atom stereocenters. The number of hydrogen-bond acceptors (Lipinski definition) is 6. The molecule has 2 unspecified atom stereocenters. The van der Waals surface area contributed by atoms with Crippen molar-refractivity contribution in [2.75, 3.05) is 26.3 Å². The summed E-state index contributed by atoms with van der Waals surface area (Å²) in [6.45, 7) is 3.53. The number of likely N-dealkylation sites (tertiary alicyclic amines) is 1. The van der Waals surface area contributed by atoms with E-state index in [0.29, 0.717) is 19.7 Å². The van der Waals surface area contributed by atoms with Crippen LogP contribution in [0.25, 0.3) is 11.0 Å². The largest absolute Gasteiger partial charge is 0.490 e. The number of carbonyl (C=O) groups excluding carboxylic acids is 1. The fourth-order valence-electron chi connectivity index (χ4n) is 3.55. The van der Waals surface area contributed by atoms with E-state index in [1.165, 1.54) is 0 Å². The van der Waals surface area contributed by atoms with E-state index in [1.807, 2.05) is 42.8 Å². The van der Waals surface area contributed by atoms with Crippen molar-refractivity contribution in [3.05, 3.63) is 41.6 Å². The van der Waals surface area contributed by atoms with Crippen molar-refractivity contribution >= 4 is 28.6 Å². The van der Waals surface area contributed by atoms with Gasteiger partial charge in [-0.3, -0.25) is 4.79 Å². The summed E-state index contributed by atoms with van der Waals surface area (Å²) in [7, 11) is 0. The maximum atomic E-state index is 12.5. The Hall–Kier alpha value is -2.12. The summed E-state index contributed by atoms with van der Waals surface area (Å²) < 4.78 is 11.6. The van der Waals surface area contributed by atoms with Crippen molar-refractivity contribution in [1.82, 2.24) is 9.80 Å². The SMILES string of the molecule is Cc1cc2cc(OCC3SC=CN3C3CCN(CCO)C3=O)ccc2o1. The molecule has 1 aromatic carbocycles. The highest BCUT2D eigenvalue weighted by Gasteiger charge is 2.38. The van der Waals surface area contributed by atoms with Gasteiger partial charge < -0.3 is 24.1 Å². The lowest BCUT2D eigenvalue weighted by atomic mass is 10.2. The van der Waals surface area contributed by atoms with Crippen LogP contribution in [0.1, 0.15) is 12.2 Å². The maximum Gasteiger partial charge on any atom is 0.245 e. The Kier molecular flexibility index (Phi) is 4.82. The monoisotopic (exact) mass is 374 g/mol. The molecule has 0 aliphatic carbocycles. The average Bonchev–Trinajstić information content (AvgIpc) is 3.31. The fraction of sp³-hybridized carbons (Fsp3) is 0.421. The number of aryl methyl sites for hydroxylation is 1. The standard InChI is InChI=1S/C19H22N2O4S/c1-13-10-14-11-15(2-3-17(14)25-13)24-12-18-21(7-9-26-18)16-4-5-20(6-8-22)19(16)23/h2-3,7,9-11,16,18,22H,4-6,8,12H2,1H3. The first-order valence-electron chi connectivity index (χ1n) is 8.78. The quantitative estimate of drug-likeness (QED) is 0.838. The number of furan rings is 1. The Morgan fingerprint density at radius 2 is 2.27 bits per heavy atom. The molecule has 2 aromatic rings. The van der Waals surface area contributed by atoms with Crippen LogP contribution in [0, 0.1) is 6.92 Å². The molecule has 1 fully saturated rings. The molecule has 26 heavy (non-hydrogen) atoms. The van der Waals surface area contributed by atoms with E-state index >= 15 is 0 Å². The second-order valence-electron chi connectivity index (χ2n) is 6.54. The highest BCUT2D eigenvalue weighted by atomic mass is 32.2. The minimum atomic E-state index is -0.166. The zero-order chi connectivity index (χ0) is 18.1. The van der Waals surface area contributed by atoms with Gasteiger partial charge in [0.2, 0.25) is 5.91 Å². The number of β-amino-alcohol motifs (C(OH)–C–C–N with tert-alkyl or cyclic N) is 1. The zero-order valence-electron chi connectivity index (χ0n) is 14.6. The molecule has 7 heteroatoms. The van der Waals surface area contributed by atoms with E-state index in [-0.39, 0.29) is 23.9 Å². The van der Waals surface area contributed by atoms with Crippen LogP contribution in [-0.4, -0.2) is 58.5 Å². The van der Waals surface area contributed by atoms with Gasteiger partial charge in [0.1, 0.15) is 35.1 Å². The molecule has 3 heterocycles. The number of aliphatic hydroxyl groups is 1. The van der Waals surface area contributed by atoms with Gasteiger partial charge in [-0.25, -0.2) is 0 Å². The normalized spacial score (nSPS) is 22.8. The lowest BCUT2D eigenvalue weighted by molar-refractivity contribution is -0.132. The number of amides is 1. The molecule has 2 aliphatic heterocycles. The number of aliphatic hydroxyl groups excluding tert-OH is 1. The minimum Gasteiger partial charge on any atom is -0.490 e. The summed E-state index contributed by atoms with van der Waals surface area (Å²) in [4.78, 5) is 16.3. The molecule has 0 bridgehead atoms. The average molecular weight is 374 g/mol. The van der Waals surface area contributed by atoms with Crippen LogP contribution in [-0.2, 0) is 4.79 Å². The third kappa shape index (κ3) is 3.29. The highest BCUT2D eigenvalue weighted by molar-refractivity contribution is 8.02. The molecule has 2 aliphatic rings. The van der Waals surface area contributed by atoms with Gasteiger partial charge >= 0.3 is 0 Å². The maximum absolute atomic E-state index is 12.5. The van der Waals surface area contributed by atoms with Gasteiger partial charge in [0.15, 0.2) is 0 Å². The third-order valence-corrected chi connectivity index (χ3v) is 5.78. The van der Waals surface area contributed by atoms with E-state index in [2.05, 4.69) is 4.90 Å². The van der Waals surface area contributed by atoms with Crippen molar-refractivity contribution in [2.24, 2.45) is 0 Å². The molecule has 1 aromatic heterocycles. The Morgan fingerprint density at radius 3 is 3.12 bits per heavy atom. The first kappa shape index (κ1) is 17.3. The van der Waals surface area contributed by atoms with Crippen molar-refractivity contribution in [1.29, 1.82) is 0 Å². The van der Waals surface area contributed by atoms with Crippen LogP contribution in [0.4, 0.5) is 0 Å². The number of rotatable bonds is 6. The Balaban J connectivity index is 1.40. The summed E-state index contributed by atoms with van der Waals surface area (Å²) in [6, 6.07) is 7.63. The van der Waals surface area contributed by atoms with Crippen LogP contribution in [0.15, 0.2) is 40.3 Å². The van der Waals surface area contributed by atoms with Gasteiger partial charge in [-0.1, -0.05) is 0 Å². The van der Waals surface area contributed by atoms with Gasteiger partial charge in [0.25, 0.3) is 0 Å². The molecule has 1 amide bonds. The van der Waals surface area contributed by atoms with Crippen LogP contribution in [0.3, 0.4) is 0 Å². The number of nitrogens with zero attached hydrogens (tertiary/aromatic N) is 2. The van der Waals surface area contributed by atoms with Crippen LogP contribution >= 0.6 is 11.8 Å². The molecule has 0 radical (unpaired) electrons. The molecule has 1 N–H and O–H groups in total. The van der Waals surface area contributed by atoms with E-state index < -0.39 is 0 Å². The van der Waals surface area contributed by atoms with Crippen molar-refractivity contribution in [3.8, 4) is 5.75 Å². The Bertz CT molecular complexity index is 834. The lowest BCUT2D eigenvalue weighted by Crippen LogP contribution is -2.44. The molecule has 4 rings (SSSR count). The smallest absolute Gasteiger partial charge is 0.245 e. The van der Waals surface area contributed by atoms with E-state index in [1.54, 1.807) is 16.7 Å². The first-order valence-corrected chi connectivity index (χ1v) is 9.72. The summed E-state index contributed by atoms with van der Waals surface area (Å²) in [6.07, 6.45) is 2.76. The molecular formula is C19H22N2O4S. The minimum absolute atomic E-state index is 0.00551. The zero-order valence-corrected chi connectivity index (χ0v) is 15.4. The topological polar surface area (TPSA) is 66.2 Å². The number of ether oxygens (including phenoxy) is 1. The Morgan fingerprint density at radius 1 is 1.38 bits per heavy atom. The molecule has 0 spiro atoms. The lowest BCUT2D eigenvalue weighted by Gasteiger charge is -2.29. The van der Waals surface area contributed by atoms with Crippen molar-refractivity contribution in [2.45, 2.75) is 24.8 Å². The van der Waals surface area contributed by atoms with Gasteiger partial charge in [-0.2, -0.15) is 0 Å². The summed E-state index contributed by atoms with van der Waals surface area (Å²) in [5.74, 6) is 1.77. The molecule has 6 nitrogen and oxygen atoms in total. The summed E-state index contributed by atoms with van der Waals surface area (Å²) >= 11 is 1.66. The van der Waals surface area contributed by atoms with Crippen molar-refractivity contribution < 1.29 is 19.1 Å². The van der Waals surface area contributed by atoms with E-state index in [0.717, 1.165) is 28.9 Å². The van der Waals surface area contributed by atoms with Crippen LogP contribution < -0.4 is 4.74 Å². The second kappa shape index (κ2) is 7.25. The Labute approximate surface area is 156 Å². The van der Waals surface area contributed by atoms with Gasteiger partial charge in [-0.15, -0.1) is 11.8 Å².